The van der Waals surface area contributed by atoms with Crippen molar-refractivity contribution < 1.29 is 14.3 Å². The lowest BCUT2D eigenvalue weighted by Crippen LogP contribution is -2.49. The first-order valence-electron chi connectivity index (χ1n) is 8.13. The van der Waals surface area contributed by atoms with Crippen molar-refractivity contribution in [3.05, 3.63) is 17.8 Å². The smallest absolute Gasteiger partial charge is 0.409 e. The van der Waals surface area contributed by atoms with Crippen LogP contribution in [0.25, 0.3) is 0 Å². The Balaban J connectivity index is 1.93. The Morgan fingerprint density at radius 2 is 1.83 bits per heavy atom. The first-order valence-corrected chi connectivity index (χ1v) is 8.13. The highest BCUT2D eigenvalue weighted by molar-refractivity contribution is 5.92. The number of rotatable bonds is 3. The highest BCUT2D eigenvalue weighted by atomic mass is 16.6. The summed E-state index contributed by atoms with van der Waals surface area (Å²) in [5.74, 6) is 0.458. The summed E-state index contributed by atoms with van der Waals surface area (Å²) >= 11 is 0. The standard InChI is InChI=1S/C16H25N5O3/c1-5-24-15(23)21-10-8-20(9-11-21)13-7-6-12(18-19-13)14(22)17-16(2,3)4/h6-7H,5,8-11H2,1-4H3,(H,17,22). The monoisotopic (exact) mass is 335 g/mol. The minimum atomic E-state index is -0.319. The van der Waals surface area contributed by atoms with Crippen LogP contribution in [0.15, 0.2) is 12.1 Å². The Morgan fingerprint density at radius 3 is 2.33 bits per heavy atom. The molecule has 0 aliphatic carbocycles. The van der Waals surface area contributed by atoms with Gasteiger partial charge in [0.1, 0.15) is 0 Å². The Bertz CT molecular complexity index is 574. The van der Waals surface area contributed by atoms with Crippen LogP contribution in [-0.4, -0.2) is 65.4 Å². The van der Waals surface area contributed by atoms with Crippen LogP contribution < -0.4 is 10.2 Å². The van der Waals surface area contributed by atoms with Crippen molar-refractivity contribution in [2.45, 2.75) is 33.2 Å². The summed E-state index contributed by atoms with van der Waals surface area (Å²) in [6, 6.07) is 3.45. The van der Waals surface area contributed by atoms with Crippen molar-refractivity contribution in [3.63, 3.8) is 0 Å². The molecule has 8 nitrogen and oxygen atoms in total. The Kier molecular flexibility index (Phi) is 5.58. The third-order valence-electron chi connectivity index (χ3n) is 3.50. The SMILES string of the molecule is CCOC(=O)N1CCN(c2ccc(C(=O)NC(C)(C)C)nn2)CC1. The number of amides is 2. The second-order valence-electron chi connectivity index (χ2n) is 6.65. The lowest BCUT2D eigenvalue weighted by molar-refractivity contribution is 0.0912. The van der Waals surface area contributed by atoms with Gasteiger partial charge in [-0.05, 0) is 39.8 Å². The van der Waals surface area contributed by atoms with Crippen molar-refractivity contribution >= 4 is 17.8 Å². The number of ether oxygens (including phenoxy) is 1. The molecule has 2 heterocycles. The largest absolute Gasteiger partial charge is 0.450 e. The molecule has 1 saturated heterocycles. The van der Waals surface area contributed by atoms with Gasteiger partial charge in [-0.2, -0.15) is 0 Å². The second-order valence-corrected chi connectivity index (χ2v) is 6.65. The molecule has 1 aliphatic rings. The number of hydrogen-bond donors (Lipinski definition) is 1. The fourth-order valence-electron chi connectivity index (χ4n) is 2.35. The average molecular weight is 335 g/mol. The van der Waals surface area contributed by atoms with Crippen LogP contribution in [0, 0.1) is 0 Å². The van der Waals surface area contributed by atoms with E-state index in [0.717, 1.165) is 0 Å². The van der Waals surface area contributed by atoms with E-state index >= 15 is 0 Å². The molecule has 8 heteroatoms. The molecular weight excluding hydrogens is 310 g/mol. The molecule has 0 atom stereocenters. The van der Waals surface area contributed by atoms with Gasteiger partial charge in [0.25, 0.3) is 5.91 Å². The molecule has 0 radical (unpaired) electrons. The highest BCUT2D eigenvalue weighted by Gasteiger charge is 2.23. The fraction of sp³-hybridized carbons (Fsp3) is 0.625. The van der Waals surface area contributed by atoms with Gasteiger partial charge in [-0.25, -0.2) is 4.79 Å². The zero-order valence-electron chi connectivity index (χ0n) is 14.7. The number of anilines is 1. The molecule has 24 heavy (non-hydrogen) atoms. The quantitative estimate of drug-likeness (QED) is 0.895. The minimum absolute atomic E-state index is 0.242. The van der Waals surface area contributed by atoms with E-state index in [4.69, 9.17) is 4.74 Å². The van der Waals surface area contributed by atoms with E-state index in [1.807, 2.05) is 25.7 Å². The van der Waals surface area contributed by atoms with E-state index in [0.29, 0.717) is 44.3 Å². The summed E-state index contributed by atoms with van der Waals surface area (Å²) in [7, 11) is 0. The highest BCUT2D eigenvalue weighted by Crippen LogP contribution is 2.13. The van der Waals surface area contributed by atoms with Gasteiger partial charge >= 0.3 is 6.09 Å². The zero-order chi connectivity index (χ0) is 17.7. The van der Waals surface area contributed by atoms with Crippen LogP contribution >= 0.6 is 0 Å². The Morgan fingerprint density at radius 1 is 1.17 bits per heavy atom. The second kappa shape index (κ2) is 7.46. The van der Waals surface area contributed by atoms with Crippen molar-refractivity contribution in [1.82, 2.24) is 20.4 Å². The van der Waals surface area contributed by atoms with Crippen LogP contribution in [0.3, 0.4) is 0 Å². The maximum atomic E-state index is 12.0. The van der Waals surface area contributed by atoms with E-state index < -0.39 is 0 Å². The fourth-order valence-corrected chi connectivity index (χ4v) is 2.35. The molecule has 1 aliphatic heterocycles. The van der Waals surface area contributed by atoms with Crippen LogP contribution in [0.2, 0.25) is 0 Å². The van der Waals surface area contributed by atoms with Gasteiger partial charge < -0.3 is 19.9 Å². The normalized spacial score (nSPS) is 15.2. The number of aromatic nitrogens is 2. The Labute approximate surface area is 142 Å². The summed E-state index contributed by atoms with van der Waals surface area (Å²) < 4.78 is 5.00. The van der Waals surface area contributed by atoms with Gasteiger partial charge in [0, 0.05) is 31.7 Å². The molecule has 1 N–H and O–H groups in total. The molecule has 0 saturated carbocycles. The third-order valence-corrected chi connectivity index (χ3v) is 3.50. The summed E-state index contributed by atoms with van der Waals surface area (Å²) in [5, 5.41) is 11.0. The molecule has 1 aromatic rings. The van der Waals surface area contributed by atoms with E-state index in [2.05, 4.69) is 15.5 Å². The number of piperazine rings is 1. The summed E-state index contributed by atoms with van der Waals surface area (Å²) in [6.07, 6.45) is -0.280. The molecule has 0 spiro atoms. The van der Waals surface area contributed by atoms with Crippen molar-refractivity contribution in [3.8, 4) is 0 Å². The molecule has 1 fully saturated rings. The molecule has 132 valence electrons. The lowest BCUT2D eigenvalue weighted by atomic mass is 10.1. The number of carbonyl (C=O) groups is 2. The van der Waals surface area contributed by atoms with E-state index in [-0.39, 0.29) is 17.5 Å². The first kappa shape index (κ1) is 18.0. The maximum Gasteiger partial charge on any atom is 0.409 e. The van der Waals surface area contributed by atoms with E-state index in [1.54, 1.807) is 24.0 Å². The van der Waals surface area contributed by atoms with Gasteiger partial charge in [-0.1, -0.05) is 0 Å². The van der Waals surface area contributed by atoms with Crippen LogP contribution in [-0.2, 0) is 4.74 Å². The van der Waals surface area contributed by atoms with Crippen molar-refractivity contribution in [2.24, 2.45) is 0 Å². The average Bonchev–Trinajstić information content (AvgIpc) is 2.54. The molecule has 0 aromatic carbocycles. The first-order chi connectivity index (χ1) is 11.3. The van der Waals surface area contributed by atoms with Gasteiger partial charge in [0.05, 0.1) is 6.61 Å². The van der Waals surface area contributed by atoms with Gasteiger partial charge in [-0.15, -0.1) is 10.2 Å². The third kappa shape index (κ3) is 4.81. The van der Waals surface area contributed by atoms with Gasteiger partial charge in [0.2, 0.25) is 0 Å². The topological polar surface area (TPSA) is 87.7 Å². The molecule has 1 aromatic heterocycles. The summed E-state index contributed by atoms with van der Waals surface area (Å²) in [6.45, 7) is 10.4. The predicted octanol–water partition coefficient (Wildman–Crippen LogP) is 1.28. The van der Waals surface area contributed by atoms with Crippen molar-refractivity contribution in [1.29, 1.82) is 0 Å². The zero-order valence-corrected chi connectivity index (χ0v) is 14.7. The van der Waals surface area contributed by atoms with Gasteiger partial charge in [0.15, 0.2) is 11.5 Å². The van der Waals surface area contributed by atoms with Gasteiger partial charge in [-0.3, -0.25) is 4.79 Å². The molecule has 0 bridgehead atoms. The number of nitrogens with zero attached hydrogens (tertiary/aromatic N) is 4. The number of hydrogen-bond acceptors (Lipinski definition) is 6. The lowest BCUT2D eigenvalue weighted by Gasteiger charge is -2.34. The van der Waals surface area contributed by atoms with E-state index in [1.165, 1.54) is 0 Å². The predicted molar refractivity (Wildman–Crippen MR) is 90.1 cm³/mol. The Hall–Kier alpha value is -2.38. The molecule has 2 amide bonds. The van der Waals surface area contributed by atoms with E-state index in [9.17, 15) is 9.59 Å². The minimum Gasteiger partial charge on any atom is -0.450 e. The number of nitrogens with one attached hydrogen (secondary N) is 1. The van der Waals surface area contributed by atoms with Crippen LogP contribution in [0.5, 0.6) is 0 Å². The summed E-state index contributed by atoms with van der Waals surface area (Å²) in [4.78, 5) is 27.4. The van der Waals surface area contributed by atoms with Crippen LogP contribution in [0.4, 0.5) is 10.6 Å². The summed E-state index contributed by atoms with van der Waals surface area (Å²) in [5.41, 5.74) is -0.0280. The molecule has 0 unspecified atom stereocenters. The number of carbonyl (C=O) groups excluding carboxylic acids is 2. The molecule has 2 rings (SSSR count). The molecular formula is C16H25N5O3. The van der Waals surface area contributed by atoms with Crippen LogP contribution in [0.1, 0.15) is 38.2 Å². The van der Waals surface area contributed by atoms with Crippen molar-refractivity contribution in [2.75, 3.05) is 37.7 Å². The maximum absolute atomic E-state index is 12.0.